The lowest BCUT2D eigenvalue weighted by molar-refractivity contribution is -0.122. The molecule has 1 amide bonds. The van der Waals surface area contributed by atoms with Crippen LogP contribution >= 0.6 is 0 Å². The number of nitrogen functional groups attached to an aromatic ring is 1. The predicted octanol–water partition coefficient (Wildman–Crippen LogP) is 0.305. The number of hydrogen-bond donors (Lipinski definition) is 3. The summed E-state index contributed by atoms with van der Waals surface area (Å²) in [5.41, 5.74) is 5.34. The van der Waals surface area contributed by atoms with Crippen molar-refractivity contribution in [3.8, 4) is 5.75 Å². The topological polar surface area (TPSA) is 93.8 Å². The summed E-state index contributed by atoms with van der Waals surface area (Å²) in [5, 5.41) is 12.7. The lowest BCUT2D eigenvalue weighted by atomic mass is 10.0. The van der Waals surface area contributed by atoms with Crippen LogP contribution in [0.25, 0.3) is 0 Å². The number of benzene rings is 1. The second-order valence-corrected chi connectivity index (χ2v) is 4.94. The van der Waals surface area contributed by atoms with E-state index in [1.807, 2.05) is 12.1 Å². The summed E-state index contributed by atoms with van der Waals surface area (Å²) >= 11 is 0. The lowest BCUT2D eigenvalue weighted by Crippen LogP contribution is -2.43. The number of carbonyl (C=O) groups is 1. The zero-order chi connectivity index (χ0) is 14.4. The summed E-state index contributed by atoms with van der Waals surface area (Å²) in [6.45, 7) is 1.25. The van der Waals surface area contributed by atoms with Crippen molar-refractivity contribution in [1.82, 2.24) is 5.32 Å². The minimum Gasteiger partial charge on any atom is -0.491 e. The second kappa shape index (κ2) is 6.58. The fourth-order valence-corrected chi connectivity index (χ4v) is 1.95. The maximum Gasteiger partial charge on any atom is 0.223 e. The molecule has 110 valence electrons. The maximum atomic E-state index is 11.6. The third kappa shape index (κ3) is 4.11. The number of anilines is 1. The van der Waals surface area contributed by atoms with Crippen molar-refractivity contribution in [1.29, 1.82) is 0 Å². The summed E-state index contributed by atoms with van der Waals surface area (Å²) in [6.07, 6.45) is 0.760. The number of rotatable bonds is 6. The molecular weight excluding hydrogens is 260 g/mol. The van der Waals surface area contributed by atoms with E-state index in [0.29, 0.717) is 24.5 Å². The van der Waals surface area contributed by atoms with Crippen LogP contribution < -0.4 is 15.8 Å². The van der Waals surface area contributed by atoms with E-state index >= 15 is 0 Å². The van der Waals surface area contributed by atoms with Crippen LogP contribution in [0.5, 0.6) is 5.75 Å². The molecule has 2 rings (SSSR count). The minimum atomic E-state index is -0.930. The number of nitrogens with two attached hydrogens (primary N) is 1. The maximum absolute atomic E-state index is 11.6. The molecule has 1 saturated heterocycles. The molecule has 6 heteroatoms. The third-order valence-electron chi connectivity index (χ3n) is 3.20. The van der Waals surface area contributed by atoms with Crippen molar-refractivity contribution >= 4 is 11.6 Å². The van der Waals surface area contributed by atoms with Gasteiger partial charge < -0.3 is 25.6 Å². The quantitative estimate of drug-likeness (QED) is 0.652. The highest BCUT2D eigenvalue weighted by atomic mass is 16.5. The summed E-state index contributed by atoms with van der Waals surface area (Å²) in [4.78, 5) is 11.6. The molecular formula is C14H20N2O4. The van der Waals surface area contributed by atoms with Crippen LogP contribution in [-0.4, -0.2) is 43.0 Å². The zero-order valence-electron chi connectivity index (χ0n) is 11.3. The van der Waals surface area contributed by atoms with Crippen molar-refractivity contribution in [3.63, 3.8) is 0 Å². The predicted molar refractivity (Wildman–Crippen MR) is 74.4 cm³/mol. The monoisotopic (exact) mass is 280 g/mol. The second-order valence-electron chi connectivity index (χ2n) is 4.94. The fraction of sp³-hybridized carbons (Fsp3) is 0.500. The Hall–Kier alpha value is -1.79. The van der Waals surface area contributed by atoms with Gasteiger partial charge in [0.25, 0.3) is 0 Å². The number of hydrogen-bond acceptors (Lipinski definition) is 5. The molecule has 0 saturated carbocycles. The number of nitrogens with one attached hydrogen (secondary N) is 1. The first kappa shape index (κ1) is 14.6. The van der Waals surface area contributed by atoms with Crippen LogP contribution in [-0.2, 0) is 9.53 Å². The Balaban J connectivity index is 1.67. The van der Waals surface area contributed by atoms with E-state index in [2.05, 4.69) is 5.32 Å². The highest BCUT2D eigenvalue weighted by Crippen LogP contribution is 2.20. The lowest BCUT2D eigenvalue weighted by Gasteiger charge is -2.20. The van der Waals surface area contributed by atoms with Crippen molar-refractivity contribution in [2.24, 2.45) is 0 Å². The van der Waals surface area contributed by atoms with Gasteiger partial charge in [-0.05, 0) is 12.1 Å². The van der Waals surface area contributed by atoms with Crippen LogP contribution in [0, 0.1) is 0 Å². The fourth-order valence-electron chi connectivity index (χ4n) is 1.95. The molecule has 0 bridgehead atoms. The van der Waals surface area contributed by atoms with Gasteiger partial charge in [-0.3, -0.25) is 4.79 Å². The molecule has 6 nitrogen and oxygen atoms in total. The van der Waals surface area contributed by atoms with E-state index in [1.54, 1.807) is 12.1 Å². The van der Waals surface area contributed by atoms with Crippen molar-refractivity contribution < 1.29 is 19.4 Å². The first-order valence-electron chi connectivity index (χ1n) is 6.63. The van der Waals surface area contributed by atoms with Crippen LogP contribution in [0.1, 0.15) is 12.8 Å². The van der Waals surface area contributed by atoms with Crippen LogP contribution in [0.3, 0.4) is 0 Å². The van der Waals surface area contributed by atoms with Crippen LogP contribution in [0.4, 0.5) is 5.69 Å². The molecule has 1 aliphatic rings. The highest BCUT2D eigenvalue weighted by molar-refractivity contribution is 5.76. The molecule has 1 aromatic carbocycles. The Kier molecular flexibility index (Phi) is 4.81. The molecule has 4 N–H and O–H groups in total. The van der Waals surface area contributed by atoms with E-state index in [4.69, 9.17) is 15.2 Å². The molecule has 1 atom stereocenters. The number of carbonyl (C=O) groups excluding carboxylic acids is 1. The van der Waals surface area contributed by atoms with Crippen LogP contribution in [0.15, 0.2) is 24.3 Å². The molecule has 20 heavy (non-hydrogen) atoms. The first-order valence-corrected chi connectivity index (χ1v) is 6.63. The number of ether oxygens (including phenoxy) is 2. The summed E-state index contributed by atoms with van der Waals surface area (Å²) < 4.78 is 10.5. The Bertz CT molecular complexity index is 458. The molecule has 1 unspecified atom stereocenters. The molecule has 1 aromatic rings. The van der Waals surface area contributed by atoms with E-state index in [0.717, 1.165) is 0 Å². The highest BCUT2D eigenvalue weighted by Gasteiger charge is 2.32. The van der Waals surface area contributed by atoms with Gasteiger partial charge in [-0.2, -0.15) is 0 Å². The average Bonchev–Trinajstić information content (AvgIpc) is 2.86. The van der Waals surface area contributed by atoms with Gasteiger partial charge in [-0.1, -0.05) is 12.1 Å². The van der Waals surface area contributed by atoms with Gasteiger partial charge in [-0.15, -0.1) is 0 Å². The van der Waals surface area contributed by atoms with Gasteiger partial charge in [-0.25, -0.2) is 0 Å². The van der Waals surface area contributed by atoms with Gasteiger partial charge in [0, 0.05) is 19.6 Å². The molecule has 1 fully saturated rings. The standard InChI is InChI=1S/C14H20N2O4/c15-11-3-1-2-4-12(11)20-7-5-13(17)16-9-14(18)6-8-19-10-14/h1-4,18H,5-10,15H2,(H,16,17). The first-order chi connectivity index (χ1) is 9.59. The Morgan fingerprint density at radius 3 is 3.00 bits per heavy atom. The van der Waals surface area contributed by atoms with Crippen molar-refractivity contribution in [3.05, 3.63) is 24.3 Å². The number of aliphatic hydroxyl groups is 1. The van der Waals surface area contributed by atoms with Gasteiger partial charge >= 0.3 is 0 Å². The van der Waals surface area contributed by atoms with Gasteiger partial charge in [0.2, 0.25) is 5.91 Å². The van der Waals surface area contributed by atoms with E-state index in [9.17, 15) is 9.90 Å². The molecule has 1 heterocycles. The Morgan fingerprint density at radius 1 is 1.50 bits per heavy atom. The van der Waals surface area contributed by atoms with Gasteiger partial charge in [0.15, 0.2) is 0 Å². The Morgan fingerprint density at radius 2 is 2.30 bits per heavy atom. The van der Waals surface area contributed by atoms with Crippen molar-refractivity contribution in [2.75, 3.05) is 32.1 Å². The van der Waals surface area contributed by atoms with E-state index < -0.39 is 5.60 Å². The zero-order valence-corrected chi connectivity index (χ0v) is 11.3. The molecule has 1 aliphatic heterocycles. The minimum absolute atomic E-state index is 0.167. The van der Waals surface area contributed by atoms with E-state index in [1.165, 1.54) is 0 Å². The summed E-state index contributed by atoms with van der Waals surface area (Å²) in [6, 6.07) is 7.14. The van der Waals surface area contributed by atoms with Crippen molar-refractivity contribution in [2.45, 2.75) is 18.4 Å². The van der Waals surface area contributed by atoms with E-state index in [-0.39, 0.29) is 32.1 Å². The third-order valence-corrected chi connectivity index (χ3v) is 3.20. The van der Waals surface area contributed by atoms with Gasteiger partial charge in [0.05, 0.1) is 25.3 Å². The molecule has 0 aliphatic carbocycles. The molecule has 0 radical (unpaired) electrons. The largest absolute Gasteiger partial charge is 0.491 e. The average molecular weight is 280 g/mol. The van der Waals surface area contributed by atoms with Crippen LogP contribution in [0.2, 0.25) is 0 Å². The molecule has 0 aromatic heterocycles. The number of para-hydroxylation sites is 2. The van der Waals surface area contributed by atoms with Gasteiger partial charge in [0.1, 0.15) is 11.4 Å². The normalized spacial score (nSPS) is 21.6. The molecule has 0 spiro atoms. The summed E-state index contributed by atoms with van der Waals surface area (Å²) in [5.74, 6) is 0.406. The Labute approximate surface area is 117 Å². The smallest absolute Gasteiger partial charge is 0.223 e. The number of amides is 1. The summed E-state index contributed by atoms with van der Waals surface area (Å²) in [7, 11) is 0. The SMILES string of the molecule is Nc1ccccc1OCCC(=O)NCC1(O)CCOC1.